The number of H-pyrrole nitrogens is 2. The van der Waals surface area contributed by atoms with Crippen LogP contribution < -0.4 is 11.0 Å². The summed E-state index contributed by atoms with van der Waals surface area (Å²) < 4.78 is 0. The van der Waals surface area contributed by atoms with Crippen LogP contribution in [0.4, 0.5) is 0 Å². The summed E-state index contributed by atoms with van der Waals surface area (Å²) in [5.41, 5.74) is -0.651. The van der Waals surface area contributed by atoms with Crippen molar-refractivity contribution in [1.82, 2.24) is 15.3 Å². The van der Waals surface area contributed by atoms with Crippen molar-refractivity contribution in [3.63, 3.8) is 0 Å². The van der Waals surface area contributed by atoms with Crippen molar-refractivity contribution in [2.45, 2.75) is 39.7 Å². The standard InChI is InChI=1S/C14H21N3O4/c1-7-9(5-4-8(12(19)20)14(7,2)3)16-11(18)10-6-15-13(21)17-10/h6-9H,4-5H2,1-3H3,(H,16,18)(H,19,20)(H2,15,17,21). The van der Waals surface area contributed by atoms with Crippen LogP contribution in [0, 0.1) is 17.3 Å². The maximum atomic E-state index is 12.1. The normalized spacial score (nSPS) is 28.0. The Morgan fingerprint density at radius 3 is 2.57 bits per heavy atom. The van der Waals surface area contributed by atoms with Crippen molar-refractivity contribution < 1.29 is 14.7 Å². The zero-order valence-corrected chi connectivity index (χ0v) is 12.4. The van der Waals surface area contributed by atoms with Crippen molar-refractivity contribution in [3.05, 3.63) is 22.4 Å². The largest absolute Gasteiger partial charge is 0.481 e. The van der Waals surface area contributed by atoms with Crippen LogP contribution in [-0.4, -0.2) is 33.0 Å². The molecule has 3 unspecified atom stereocenters. The van der Waals surface area contributed by atoms with E-state index in [1.54, 1.807) is 0 Å². The van der Waals surface area contributed by atoms with Gasteiger partial charge in [0.1, 0.15) is 5.69 Å². The summed E-state index contributed by atoms with van der Waals surface area (Å²) in [5, 5.41) is 12.2. The Labute approximate surface area is 122 Å². The summed E-state index contributed by atoms with van der Waals surface area (Å²) in [7, 11) is 0. The lowest BCUT2D eigenvalue weighted by atomic mass is 9.61. The predicted molar refractivity (Wildman–Crippen MR) is 76.0 cm³/mol. The first-order valence-corrected chi connectivity index (χ1v) is 7.05. The Morgan fingerprint density at radius 1 is 1.38 bits per heavy atom. The van der Waals surface area contributed by atoms with Crippen molar-refractivity contribution >= 4 is 11.9 Å². The molecule has 1 fully saturated rings. The minimum atomic E-state index is -0.786. The summed E-state index contributed by atoms with van der Waals surface area (Å²) >= 11 is 0. The second kappa shape index (κ2) is 5.38. The zero-order chi connectivity index (χ0) is 15.8. The van der Waals surface area contributed by atoms with Crippen LogP contribution in [0.5, 0.6) is 0 Å². The van der Waals surface area contributed by atoms with Gasteiger partial charge in [0.2, 0.25) is 0 Å². The van der Waals surface area contributed by atoms with E-state index in [1.165, 1.54) is 6.20 Å². The second-order valence-corrected chi connectivity index (χ2v) is 6.31. The highest BCUT2D eigenvalue weighted by molar-refractivity contribution is 5.92. The number of carbonyl (C=O) groups is 2. The van der Waals surface area contributed by atoms with E-state index in [1.807, 2.05) is 20.8 Å². The Kier molecular flexibility index (Phi) is 3.93. The van der Waals surface area contributed by atoms with E-state index in [0.717, 1.165) is 0 Å². The number of amides is 1. The quantitative estimate of drug-likeness (QED) is 0.664. The van der Waals surface area contributed by atoms with E-state index in [0.29, 0.717) is 12.8 Å². The van der Waals surface area contributed by atoms with Crippen LogP contribution in [0.1, 0.15) is 44.1 Å². The molecule has 0 aromatic carbocycles. The summed E-state index contributed by atoms with van der Waals surface area (Å²) in [6.07, 6.45) is 2.47. The lowest BCUT2D eigenvalue weighted by Crippen LogP contribution is -2.52. The molecule has 1 aromatic heterocycles. The molecule has 7 heteroatoms. The maximum Gasteiger partial charge on any atom is 0.323 e. The first-order chi connectivity index (χ1) is 9.73. The Morgan fingerprint density at radius 2 is 2.05 bits per heavy atom. The molecule has 1 aliphatic carbocycles. The van der Waals surface area contributed by atoms with Gasteiger partial charge in [-0.15, -0.1) is 0 Å². The maximum absolute atomic E-state index is 12.1. The number of imidazole rings is 1. The number of hydrogen-bond donors (Lipinski definition) is 4. The van der Waals surface area contributed by atoms with Gasteiger partial charge in [0.15, 0.2) is 0 Å². The molecular formula is C14H21N3O4. The first kappa shape index (κ1) is 15.3. The summed E-state index contributed by atoms with van der Waals surface area (Å²) in [5.74, 6) is -1.53. The van der Waals surface area contributed by atoms with E-state index in [-0.39, 0.29) is 23.6 Å². The van der Waals surface area contributed by atoms with Gasteiger partial charge in [-0.1, -0.05) is 20.8 Å². The fourth-order valence-corrected chi connectivity index (χ4v) is 3.14. The van der Waals surface area contributed by atoms with Gasteiger partial charge < -0.3 is 20.4 Å². The number of hydrogen-bond acceptors (Lipinski definition) is 3. The number of nitrogens with one attached hydrogen (secondary N) is 3. The smallest absolute Gasteiger partial charge is 0.323 e. The molecule has 0 spiro atoms. The van der Waals surface area contributed by atoms with E-state index in [4.69, 9.17) is 0 Å². The fraction of sp³-hybridized carbons (Fsp3) is 0.643. The third-order valence-corrected chi connectivity index (χ3v) is 4.90. The van der Waals surface area contributed by atoms with Gasteiger partial charge in [-0.2, -0.15) is 0 Å². The van der Waals surface area contributed by atoms with Gasteiger partial charge in [-0.25, -0.2) is 4.79 Å². The SMILES string of the molecule is CC1C(NC(=O)c2c[nH]c(=O)[nH]2)CCC(C(=O)O)C1(C)C. The third-order valence-electron chi connectivity index (χ3n) is 4.90. The van der Waals surface area contributed by atoms with Crippen LogP contribution in [0.2, 0.25) is 0 Å². The van der Waals surface area contributed by atoms with Gasteiger partial charge >= 0.3 is 11.7 Å². The van der Waals surface area contributed by atoms with Crippen LogP contribution >= 0.6 is 0 Å². The van der Waals surface area contributed by atoms with Crippen molar-refractivity contribution in [1.29, 1.82) is 0 Å². The van der Waals surface area contributed by atoms with E-state index in [9.17, 15) is 19.5 Å². The Balaban J connectivity index is 2.10. The Hall–Kier alpha value is -2.05. The predicted octanol–water partition coefficient (Wildman–Crippen LogP) is 0.958. The molecule has 0 bridgehead atoms. The van der Waals surface area contributed by atoms with Gasteiger partial charge in [0.05, 0.1) is 5.92 Å². The molecule has 0 saturated heterocycles. The highest BCUT2D eigenvalue weighted by Crippen LogP contribution is 2.45. The van der Waals surface area contributed by atoms with Crippen LogP contribution in [0.25, 0.3) is 0 Å². The summed E-state index contributed by atoms with van der Waals surface area (Å²) in [6.45, 7) is 5.81. The number of carboxylic acids is 1. The number of carbonyl (C=O) groups excluding carboxylic acids is 1. The van der Waals surface area contributed by atoms with Crippen molar-refractivity contribution in [2.24, 2.45) is 17.3 Å². The molecule has 2 rings (SSSR count). The molecule has 1 aliphatic rings. The number of carboxylic acid groups (broad SMARTS) is 1. The van der Waals surface area contributed by atoms with E-state index in [2.05, 4.69) is 15.3 Å². The van der Waals surface area contributed by atoms with Crippen molar-refractivity contribution in [3.8, 4) is 0 Å². The van der Waals surface area contributed by atoms with Crippen molar-refractivity contribution in [2.75, 3.05) is 0 Å². The molecule has 1 heterocycles. The van der Waals surface area contributed by atoms with Gasteiger partial charge in [-0.05, 0) is 24.2 Å². The second-order valence-electron chi connectivity index (χ2n) is 6.31. The van der Waals surface area contributed by atoms with E-state index >= 15 is 0 Å². The number of aliphatic carboxylic acids is 1. The van der Waals surface area contributed by atoms with E-state index < -0.39 is 23.0 Å². The molecule has 0 radical (unpaired) electrons. The number of rotatable bonds is 3. The minimum absolute atomic E-state index is 0.0157. The third kappa shape index (κ3) is 2.86. The lowest BCUT2D eigenvalue weighted by Gasteiger charge is -2.46. The molecule has 21 heavy (non-hydrogen) atoms. The molecule has 0 aliphatic heterocycles. The zero-order valence-electron chi connectivity index (χ0n) is 12.4. The van der Waals surface area contributed by atoms with Gasteiger partial charge in [0, 0.05) is 12.2 Å². The first-order valence-electron chi connectivity index (χ1n) is 7.05. The molecule has 1 aromatic rings. The molecule has 116 valence electrons. The lowest BCUT2D eigenvalue weighted by molar-refractivity contribution is -0.150. The van der Waals surface area contributed by atoms with Gasteiger partial charge in [0.25, 0.3) is 5.91 Å². The Bertz CT molecular complexity index is 601. The number of aromatic nitrogens is 2. The van der Waals surface area contributed by atoms with Crippen LogP contribution in [-0.2, 0) is 4.79 Å². The highest BCUT2D eigenvalue weighted by atomic mass is 16.4. The molecule has 4 N–H and O–H groups in total. The number of aromatic amines is 2. The highest BCUT2D eigenvalue weighted by Gasteiger charge is 2.46. The summed E-state index contributed by atoms with van der Waals surface area (Å²) in [4.78, 5) is 39.2. The topological polar surface area (TPSA) is 115 Å². The molecule has 1 saturated carbocycles. The average Bonchev–Trinajstić information content (AvgIpc) is 2.81. The van der Waals surface area contributed by atoms with Crippen LogP contribution in [0.3, 0.4) is 0 Å². The van der Waals surface area contributed by atoms with Crippen LogP contribution in [0.15, 0.2) is 11.0 Å². The molecule has 1 amide bonds. The molecular weight excluding hydrogens is 274 g/mol. The monoisotopic (exact) mass is 295 g/mol. The molecule has 3 atom stereocenters. The summed E-state index contributed by atoms with van der Waals surface area (Å²) in [6, 6.07) is -0.110. The fourth-order valence-electron chi connectivity index (χ4n) is 3.14. The van der Waals surface area contributed by atoms with Gasteiger partial charge in [-0.3, -0.25) is 9.59 Å². The minimum Gasteiger partial charge on any atom is -0.481 e. The average molecular weight is 295 g/mol. The molecule has 7 nitrogen and oxygen atoms in total.